The Morgan fingerprint density at radius 2 is 1.67 bits per heavy atom. The van der Waals surface area contributed by atoms with E-state index in [0.29, 0.717) is 10.7 Å². The van der Waals surface area contributed by atoms with Gasteiger partial charge in [0.05, 0.1) is 5.75 Å². The van der Waals surface area contributed by atoms with Crippen molar-refractivity contribution in [2.45, 2.75) is 25.9 Å². The van der Waals surface area contributed by atoms with Gasteiger partial charge in [-0.3, -0.25) is 14.2 Å². The molecule has 0 atom stereocenters. The van der Waals surface area contributed by atoms with E-state index in [9.17, 15) is 9.59 Å². The number of rotatable bonds is 7. The van der Waals surface area contributed by atoms with E-state index in [4.69, 9.17) is 0 Å². The maximum Gasteiger partial charge on any atom is 0.255 e. The van der Waals surface area contributed by atoms with Crippen LogP contribution in [0.15, 0.2) is 84.3 Å². The van der Waals surface area contributed by atoms with Gasteiger partial charge in [0.2, 0.25) is 0 Å². The zero-order chi connectivity index (χ0) is 23.4. The molecule has 0 unspecified atom stereocenters. The Labute approximate surface area is 197 Å². The van der Waals surface area contributed by atoms with Crippen LogP contribution in [0.1, 0.15) is 37.4 Å². The van der Waals surface area contributed by atoms with E-state index in [-0.39, 0.29) is 17.4 Å². The van der Waals surface area contributed by atoms with Crippen LogP contribution < -0.4 is 5.32 Å². The topological polar surface area (TPSA) is 64.0 Å². The maximum absolute atomic E-state index is 12.9. The number of amides is 1. The van der Waals surface area contributed by atoms with Gasteiger partial charge in [-0.25, -0.2) is 4.98 Å². The maximum atomic E-state index is 12.9. The molecular weight excluding hydrogens is 430 g/mol. The molecule has 0 radical (unpaired) electrons. The summed E-state index contributed by atoms with van der Waals surface area (Å²) in [7, 11) is 0. The molecule has 166 valence electrons. The molecule has 3 aromatic carbocycles. The van der Waals surface area contributed by atoms with Gasteiger partial charge in [-0.05, 0) is 62.2 Å². The first kappa shape index (κ1) is 22.6. The van der Waals surface area contributed by atoms with Crippen molar-refractivity contribution in [2.24, 2.45) is 0 Å². The van der Waals surface area contributed by atoms with Crippen LogP contribution in [0, 0.1) is 20.8 Å². The Bertz CT molecular complexity index is 1290. The van der Waals surface area contributed by atoms with Crippen LogP contribution >= 0.6 is 11.8 Å². The van der Waals surface area contributed by atoms with Gasteiger partial charge >= 0.3 is 0 Å². The third-order valence-corrected chi connectivity index (χ3v) is 6.28. The fourth-order valence-corrected chi connectivity index (χ4v) is 4.78. The third-order valence-electron chi connectivity index (χ3n) is 5.31. The number of hydrogen-bond donors (Lipinski definition) is 1. The standard InChI is InChI=1S/C27H25N3O2S/c1-18-14-19(2)25(20(3)15-18)24(31)17-33-27-28-12-13-30(27)23-11-7-8-21(16-23)26(32)29-22-9-5-4-6-10-22/h4-16H,17H2,1-3H3,(H,29,32). The molecule has 4 aromatic rings. The van der Waals surface area contributed by atoms with Crippen molar-refractivity contribution in [1.82, 2.24) is 9.55 Å². The molecule has 0 aliphatic rings. The van der Waals surface area contributed by atoms with E-state index in [2.05, 4.69) is 10.3 Å². The highest BCUT2D eigenvalue weighted by atomic mass is 32.2. The van der Waals surface area contributed by atoms with Crippen LogP contribution in [0.3, 0.4) is 0 Å². The first-order valence-electron chi connectivity index (χ1n) is 10.7. The Balaban J connectivity index is 1.50. The summed E-state index contributed by atoms with van der Waals surface area (Å²) in [6.07, 6.45) is 3.54. The average molecular weight is 456 g/mol. The van der Waals surface area contributed by atoms with Crippen molar-refractivity contribution in [3.05, 3.63) is 107 Å². The summed E-state index contributed by atoms with van der Waals surface area (Å²) in [5, 5.41) is 3.60. The van der Waals surface area contributed by atoms with Crippen molar-refractivity contribution in [1.29, 1.82) is 0 Å². The average Bonchev–Trinajstić information content (AvgIpc) is 3.26. The van der Waals surface area contributed by atoms with E-state index in [1.165, 1.54) is 11.8 Å². The molecule has 1 N–H and O–H groups in total. The summed E-state index contributed by atoms with van der Waals surface area (Å²) in [6, 6.07) is 20.8. The molecule has 1 amide bonds. The number of para-hydroxylation sites is 1. The number of ketones is 1. The van der Waals surface area contributed by atoms with Gasteiger partial charge in [0.25, 0.3) is 5.91 Å². The molecule has 0 aliphatic carbocycles. The van der Waals surface area contributed by atoms with Crippen LogP contribution in [0.2, 0.25) is 0 Å². The van der Waals surface area contributed by atoms with E-state index >= 15 is 0 Å². The van der Waals surface area contributed by atoms with E-state index < -0.39 is 0 Å². The van der Waals surface area contributed by atoms with Crippen LogP contribution in [-0.2, 0) is 0 Å². The number of carbonyl (C=O) groups is 2. The number of nitrogens with zero attached hydrogens (tertiary/aromatic N) is 2. The summed E-state index contributed by atoms with van der Waals surface area (Å²) in [5.74, 6) is 0.189. The molecule has 1 aromatic heterocycles. The zero-order valence-electron chi connectivity index (χ0n) is 18.8. The number of benzene rings is 3. The quantitative estimate of drug-likeness (QED) is 0.273. The Hall–Kier alpha value is -3.64. The number of Topliss-reactive ketones (excluding diaryl/α,β-unsaturated/α-hetero) is 1. The number of imidazole rings is 1. The van der Waals surface area contributed by atoms with E-state index in [1.807, 2.05) is 92.2 Å². The lowest BCUT2D eigenvalue weighted by Gasteiger charge is -2.12. The molecular formula is C27H25N3O2S. The molecule has 0 saturated carbocycles. The second kappa shape index (κ2) is 9.88. The fourth-order valence-electron chi connectivity index (χ4n) is 3.94. The summed E-state index contributed by atoms with van der Waals surface area (Å²) in [4.78, 5) is 30.1. The van der Waals surface area contributed by atoms with Gasteiger partial charge in [-0.2, -0.15) is 0 Å². The van der Waals surface area contributed by atoms with Gasteiger partial charge in [0.15, 0.2) is 10.9 Å². The Kier molecular flexibility index (Phi) is 6.75. The van der Waals surface area contributed by atoms with Gasteiger partial charge in [-0.15, -0.1) is 0 Å². The minimum atomic E-state index is -0.183. The summed E-state index contributed by atoms with van der Waals surface area (Å²) in [5.41, 5.74) is 6.03. The number of aryl methyl sites for hydroxylation is 3. The number of nitrogens with one attached hydrogen (secondary N) is 1. The molecule has 4 rings (SSSR count). The number of anilines is 1. The van der Waals surface area contributed by atoms with Gasteiger partial charge < -0.3 is 5.32 Å². The molecule has 0 aliphatic heterocycles. The van der Waals surface area contributed by atoms with Crippen molar-refractivity contribution in [3.63, 3.8) is 0 Å². The number of carbonyl (C=O) groups excluding carboxylic acids is 2. The zero-order valence-corrected chi connectivity index (χ0v) is 19.6. The largest absolute Gasteiger partial charge is 0.322 e. The Morgan fingerprint density at radius 3 is 2.39 bits per heavy atom. The molecule has 5 nitrogen and oxygen atoms in total. The van der Waals surface area contributed by atoms with E-state index in [1.54, 1.807) is 12.3 Å². The minimum Gasteiger partial charge on any atom is -0.322 e. The Morgan fingerprint density at radius 1 is 0.939 bits per heavy atom. The summed E-state index contributed by atoms with van der Waals surface area (Å²) >= 11 is 1.39. The van der Waals surface area contributed by atoms with Crippen LogP contribution in [0.25, 0.3) is 5.69 Å². The molecule has 33 heavy (non-hydrogen) atoms. The smallest absolute Gasteiger partial charge is 0.255 e. The van der Waals surface area contributed by atoms with Crippen LogP contribution in [0.5, 0.6) is 0 Å². The second-order valence-corrected chi connectivity index (χ2v) is 8.88. The second-order valence-electron chi connectivity index (χ2n) is 7.94. The van der Waals surface area contributed by atoms with Crippen molar-refractivity contribution in [3.8, 4) is 5.69 Å². The van der Waals surface area contributed by atoms with E-state index in [0.717, 1.165) is 33.6 Å². The highest BCUT2D eigenvalue weighted by molar-refractivity contribution is 7.99. The first-order valence-corrected chi connectivity index (χ1v) is 11.6. The van der Waals surface area contributed by atoms with Gasteiger partial charge in [0.1, 0.15) is 0 Å². The lowest BCUT2D eigenvalue weighted by molar-refractivity contribution is 0.101. The first-order chi connectivity index (χ1) is 15.9. The number of aromatic nitrogens is 2. The lowest BCUT2D eigenvalue weighted by atomic mass is 9.97. The summed E-state index contributed by atoms with van der Waals surface area (Å²) in [6.45, 7) is 5.99. The summed E-state index contributed by atoms with van der Waals surface area (Å²) < 4.78 is 1.89. The van der Waals surface area contributed by atoms with Crippen molar-refractivity contribution < 1.29 is 9.59 Å². The molecule has 0 bridgehead atoms. The minimum absolute atomic E-state index is 0.0838. The SMILES string of the molecule is Cc1cc(C)c(C(=O)CSc2nccn2-c2cccc(C(=O)Nc3ccccc3)c2)c(C)c1. The molecule has 6 heteroatoms. The van der Waals surface area contributed by atoms with Crippen LogP contribution in [-0.4, -0.2) is 27.0 Å². The highest BCUT2D eigenvalue weighted by Gasteiger charge is 2.16. The normalized spacial score (nSPS) is 10.8. The molecule has 0 fully saturated rings. The number of thioether (sulfide) groups is 1. The number of hydrogen-bond acceptors (Lipinski definition) is 4. The molecule has 0 spiro atoms. The van der Waals surface area contributed by atoms with Crippen molar-refractivity contribution in [2.75, 3.05) is 11.1 Å². The third kappa shape index (κ3) is 5.23. The lowest BCUT2D eigenvalue weighted by Crippen LogP contribution is -2.12. The monoisotopic (exact) mass is 455 g/mol. The predicted molar refractivity (Wildman–Crippen MR) is 134 cm³/mol. The molecule has 0 saturated heterocycles. The van der Waals surface area contributed by atoms with Crippen LogP contribution in [0.4, 0.5) is 5.69 Å². The van der Waals surface area contributed by atoms with Gasteiger partial charge in [0, 0.05) is 34.9 Å². The highest BCUT2D eigenvalue weighted by Crippen LogP contribution is 2.24. The molecule has 1 heterocycles. The fraction of sp³-hybridized carbons (Fsp3) is 0.148. The predicted octanol–water partition coefficient (Wildman–Crippen LogP) is 6.02. The van der Waals surface area contributed by atoms with Crippen molar-refractivity contribution >= 4 is 29.1 Å². The van der Waals surface area contributed by atoms with Gasteiger partial charge in [-0.1, -0.05) is 53.7 Å².